The van der Waals surface area contributed by atoms with Crippen LogP contribution < -0.4 is 4.74 Å². The zero-order valence-electron chi connectivity index (χ0n) is 12.2. The van der Waals surface area contributed by atoms with E-state index in [0.29, 0.717) is 19.7 Å². The maximum atomic E-state index is 11.9. The maximum Gasteiger partial charge on any atom is 0.213 e. The Morgan fingerprint density at radius 2 is 2.10 bits per heavy atom. The van der Waals surface area contributed by atoms with Crippen molar-refractivity contribution in [3.05, 3.63) is 29.8 Å². The average molecular weight is 297 g/mol. The summed E-state index contributed by atoms with van der Waals surface area (Å²) >= 11 is 0. The maximum absolute atomic E-state index is 11.9. The van der Waals surface area contributed by atoms with E-state index in [9.17, 15) is 8.42 Å². The molecule has 5 heteroatoms. The summed E-state index contributed by atoms with van der Waals surface area (Å²) in [5, 5.41) is 0. The Bertz CT molecular complexity index is 542. The summed E-state index contributed by atoms with van der Waals surface area (Å²) in [6.07, 6.45) is 1.95. The molecule has 1 unspecified atom stereocenters. The lowest BCUT2D eigenvalue weighted by molar-refractivity contribution is 0.179. The van der Waals surface area contributed by atoms with Crippen molar-refractivity contribution in [2.75, 3.05) is 25.4 Å². The molecule has 0 aromatic heterocycles. The number of piperidine rings is 1. The second kappa shape index (κ2) is 6.59. The molecule has 1 aromatic rings. The molecule has 112 valence electrons. The average Bonchev–Trinajstić information content (AvgIpc) is 2.47. The first-order valence-electron chi connectivity index (χ1n) is 7.19. The number of hydrogen-bond donors (Lipinski definition) is 0. The van der Waals surface area contributed by atoms with Crippen LogP contribution in [0.5, 0.6) is 5.75 Å². The Balaban J connectivity index is 1.92. The van der Waals surface area contributed by atoms with E-state index in [0.717, 1.165) is 24.2 Å². The van der Waals surface area contributed by atoms with Crippen LogP contribution in [0.25, 0.3) is 0 Å². The van der Waals surface area contributed by atoms with Crippen molar-refractivity contribution in [2.24, 2.45) is 5.92 Å². The SMILES string of the molecule is CCS(=O)(=O)N1CCCC(COc2ccccc2C)C1. The Morgan fingerprint density at radius 1 is 1.35 bits per heavy atom. The Kier molecular flexibility index (Phi) is 5.05. The second-order valence-corrected chi connectivity index (χ2v) is 7.60. The molecule has 0 aliphatic carbocycles. The molecule has 1 atom stereocenters. The van der Waals surface area contributed by atoms with Gasteiger partial charge in [0, 0.05) is 19.0 Å². The van der Waals surface area contributed by atoms with Crippen LogP contribution in [-0.4, -0.2) is 38.2 Å². The van der Waals surface area contributed by atoms with Crippen LogP contribution >= 0.6 is 0 Å². The lowest BCUT2D eigenvalue weighted by Gasteiger charge is -2.31. The van der Waals surface area contributed by atoms with E-state index >= 15 is 0 Å². The lowest BCUT2D eigenvalue weighted by Crippen LogP contribution is -2.42. The molecule has 1 aromatic carbocycles. The molecule has 1 fully saturated rings. The number of nitrogens with zero attached hydrogens (tertiary/aromatic N) is 1. The van der Waals surface area contributed by atoms with Gasteiger partial charge in [0.05, 0.1) is 12.4 Å². The number of ether oxygens (including phenoxy) is 1. The normalized spacial score (nSPS) is 20.8. The molecule has 1 saturated heterocycles. The van der Waals surface area contributed by atoms with Crippen molar-refractivity contribution in [3.63, 3.8) is 0 Å². The van der Waals surface area contributed by atoms with Gasteiger partial charge in [-0.1, -0.05) is 18.2 Å². The largest absolute Gasteiger partial charge is 0.493 e. The van der Waals surface area contributed by atoms with Gasteiger partial charge >= 0.3 is 0 Å². The number of para-hydroxylation sites is 1. The van der Waals surface area contributed by atoms with E-state index < -0.39 is 10.0 Å². The fourth-order valence-electron chi connectivity index (χ4n) is 2.52. The van der Waals surface area contributed by atoms with Crippen LogP contribution in [0, 0.1) is 12.8 Å². The van der Waals surface area contributed by atoms with Crippen LogP contribution in [-0.2, 0) is 10.0 Å². The van der Waals surface area contributed by atoms with E-state index in [1.807, 2.05) is 31.2 Å². The van der Waals surface area contributed by atoms with E-state index in [4.69, 9.17) is 4.74 Å². The minimum atomic E-state index is -3.07. The Morgan fingerprint density at radius 3 is 2.80 bits per heavy atom. The van der Waals surface area contributed by atoms with Gasteiger partial charge in [-0.2, -0.15) is 0 Å². The minimum Gasteiger partial charge on any atom is -0.493 e. The fraction of sp³-hybridized carbons (Fsp3) is 0.600. The van der Waals surface area contributed by atoms with Gasteiger partial charge in [-0.05, 0) is 38.3 Å². The third kappa shape index (κ3) is 3.73. The van der Waals surface area contributed by atoms with Crippen molar-refractivity contribution < 1.29 is 13.2 Å². The summed E-state index contributed by atoms with van der Waals surface area (Å²) in [5.74, 6) is 1.35. The molecule has 0 amide bonds. The highest BCUT2D eigenvalue weighted by atomic mass is 32.2. The highest BCUT2D eigenvalue weighted by molar-refractivity contribution is 7.89. The van der Waals surface area contributed by atoms with E-state index in [1.165, 1.54) is 0 Å². The van der Waals surface area contributed by atoms with Gasteiger partial charge in [-0.3, -0.25) is 0 Å². The summed E-state index contributed by atoms with van der Waals surface area (Å²) in [6.45, 7) is 5.53. The van der Waals surface area contributed by atoms with Crippen LogP contribution in [0.4, 0.5) is 0 Å². The van der Waals surface area contributed by atoms with Crippen molar-refractivity contribution in [2.45, 2.75) is 26.7 Å². The Hall–Kier alpha value is -1.07. The molecule has 2 rings (SSSR count). The molecule has 0 spiro atoms. The first kappa shape index (κ1) is 15.3. The van der Waals surface area contributed by atoms with Gasteiger partial charge in [0.25, 0.3) is 0 Å². The molecule has 20 heavy (non-hydrogen) atoms. The van der Waals surface area contributed by atoms with Gasteiger partial charge < -0.3 is 4.74 Å². The second-order valence-electron chi connectivity index (χ2n) is 5.34. The molecule has 1 aliphatic heterocycles. The molecule has 0 radical (unpaired) electrons. The van der Waals surface area contributed by atoms with E-state index in [2.05, 4.69) is 0 Å². The third-order valence-corrected chi connectivity index (χ3v) is 5.66. The summed E-state index contributed by atoms with van der Waals surface area (Å²) < 4.78 is 31.3. The molecule has 1 aliphatic rings. The number of sulfonamides is 1. The molecule has 1 heterocycles. The van der Waals surface area contributed by atoms with Crippen molar-refractivity contribution >= 4 is 10.0 Å². The zero-order valence-corrected chi connectivity index (χ0v) is 13.0. The van der Waals surface area contributed by atoms with Crippen LogP contribution in [0.15, 0.2) is 24.3 Å². The van der Waals surface area contributed by atoms with Gasteiger partial charge in [0.1, 0.15) is 5.75 Å². The lowest BCUT2D eigenvalue weighted by atomic mass is 10.0. The quantitative estimate of drug-likeness (QED) is 0.838. The molecular formula is C15H23NO3S. The molecule has 0 N–H and O–H groups in total. The standard InChI is InChI=1S/C15H23NO3S/c1-3-20(17,18)16-10-6-8-14(11-16)12-19-15-9-5-4-7-13(15)2/h4-5,7,9,14H,3,6,8,10-12H2,1-2H3. The van der Waals surface area contributed by atoms with E-state index in [1.54, 1.807) is 11.2 Å². The number of hydrogen-bond acceptors (Lipinski definition) is 3. The minimum absolute atomic E-state index is 0.179. The molecule has 4 nitrogen and oxygen atoms in total. The molecular weight excluding hydrogens is 274 g/mol. The van der Waals surface area contributed by atoms with Crippen LogP contribution in [0.1, 0.15) is 25.3 Å². The highest BCUT2D eigenvalue weighted by Gasteiger charge is 2.27. The first-order valence-corrected chi connectivity index (χ1v) is 8.80. The van der Waals surface area contributed by atoms with Gasteiger partial charge in [0.2, 0.25) is 10.0 Å². The van der Waals surface area contributed by atoms with Gasteiger partial charge in [0.15, 0.2) is 0 Å². The highest BCUT2D eigenvalue weighted by Crippen LogP contribution is 2.22. The Labute approximate surface area is 121 Å². The zero-order chi connectivity index (χ0) is 14.6. The summed E-state index contributed by atoms with van der Waals surface area (Å²) in [5.41, 5.74) is 1.11. The summed E-state index contributed by atoms with van der Waals surface area (Å²) in [6, 6.07) is 7.91. The monoisotopic (exact) mass is 297 g/mol. The van der Waals surface area contributed by atoms with Crippen molar-refractivity contribution in [1.82, 2.24) is 4.31 Å². The summed E-state index contributed by atoms with van der Waals surface area (Å²) in [7, 11) is -3.07. The topological polar surface area (TPSA) is 46.6 Å². The summed E-state index contributed by atoms with van der Waals surface area (Å²) in [4.78, 5) is 0. The fourth-order valence-corrected chi connectivity index (χ4v) is 3.73. The number of benzene rings is 1. The molecule has 0 saturated carbocycles. The number of aryl methyl sites for hydroxylation is 1. The first-order chi connectivity index (χ1) is 9.53. The smallest absolute Gasteiger partial charge is 0.213 e. The van der Waals surface area contributed by atoms with Gasteiger partial charge in [-0.25, -0.2) is 12.7 Å². The van der Waals surface area contributed by atoms with Crippen molar-refractivity contribution in [3.8, 4) is 5.75 Å². The van der Waals surface area contributed by atoms with Crippen LogP contribution in [0.3, 0.4) is 0 Å². The predicted octanol–water partition coefficient (Wildman–Crippen LogP) is 2.44. The van der Waals surface area contributed by atoms with Crippen LogP contribution in [0.2, 0.25) is 0 Å². The molecule has 0 bridgehead atoms. The third-order valence-electron chi connectivity index (χ3n) is 3.81. The number of rotatable bonds is 5. The van der Waals surface area contributed by atoms with Crippen molar-refractivity contribution in [1.29, 1.82) is 0 Å². The van der Waals surface area contributed by atoms with Gasteiger partial charge in [-0.15, -0.1) is 0 Å². The predicted molar refractivity (Wildman–Crippen MR) is 80.4 cm³/mol. The van der Waals surface area contributed by atoms with E-state index in [-0.39, 0.29) is 11.7 Å².